The molecule has 0 N–H and O–H groups in total. The molecule has 1 heterocycles. The molecule has 1 aliphatic heterocycles. The smallest absolute Gasteiger partial charge is 0.247 e. The molecule has 7 heteroatoms. The van der Waals surface area contributed by atoms with Crippen molar-refractivity contribution in [2.75, 3.05) is 13.4 Å². The van der Waals surface area contributed by atoms with Gasteiger partial charge in [0.1, 0.15) is 11.6 Å². The number of hydrogen-bond donors (Lipinski definition) is 0. The maximum Gasteiger partial charge on any atom is 0.247 e. The van der Waals surface area contributed by atoms with E-state index in [9.17, 15) is 12.8 Å². The standard InChI is InChI=1S/C17H17FN2O3S/c1-23-13-9-7-12(8-10-13)16-11-17(20(19-16)24(2,21)22)14-5-3-4-6-15(14)18/h3-10,17H,11H2,1-2H3/t17-/m0/s1. The van der Waals surface area contributed by atoms with Crippen LogP contribution < -0.4 is 4.74 Å². The van der Waals surface area contributed by atoms with Gasteiger partial charge in [-0.05, 0) is 35.9 Å². The molecule has 1 aliphatic rings. The van der Waals surface area contributed by atoms with Crippen LogP contribution in [0.2, 0.25) is 0 Å². The van der Waals surface area contributed by atoms with Gasteiger partial charge in [0.05, 0.1) is 25.1 Å². The number of rotatable bonds is 4. The fourth-order valence-corrected chi connectivity index (χ4v) is 3.63. The minimum absolute atomic E-state index is 0.306. The predicted molar refractivity (Wildman–Crippen MR) is 90.0 cm³/mol. The average Bonchev–Trinajstić information content (AvgIpc) is 3.01. The zero-order chi connectivity index (χ0) is 17.3. The Labute approximate surface area is 140 Å². The van der Waals surface area contributed by atoms with Crippen molar-refractivity contribution < 1.29 is 17.5 Å². The van der Waals surface area contributed by atoms with Crippen molar-refractivity contribution in [1.82, 2.24) is 4.41 Å². The van der Waals surface area contributed by atoms with E-state index in [1.165, 1.54) is 6.07 Å². The first-order valence-electron chi connectivity index (χ1n) is 7.36. The van der Waals surface area contributed by atoms with Gasteiger partial charge in [-0.1, -0.05) is 18.2 Å². The summed E-state index contributed by atoms with van der Waals surface area (Å²) in [6, 6.07) is 12.7. The number of nitrogens with zero attached hydrogens (tertiary/aromatic N) is 2. The van der Waals surface area contributed by atoms with E-state index in [-0.39, 0.29) is 0 Å². The second-order valence-electron chi connectivity index (χ2n) is 5.55. The van der Waals surface area contributed by atoms with Crippen molar-refractivity contribution in [2.24, 2.45) is 5.10 Å². The highest BCUT2D eigenvalue weighted by Gasteiger charge is 2.35. The number of halogens is 1. The van der Waals surface area contributed by atoms with Crippen LogP contribution in [-0.2, 0) is 10.0 Å². The van der Waals surface area contributed by atoms with Crippen molar-refractivity contribution >= 4 is 15.7 Å². The van der Waals surface area contributed by atoms with Crippen LogP contribution in [0.3, 0.4) is 0 Å². The quantitative estimate of drug-likeness (QED) is 0.853. The first-order chi connectivity index (χ1) is 11.4. The second kappa shape index (κ2) is 6.24. The van der Waals surface area contributed by atoms with E-state index in [1.807, 2.05) is 12.1 Å². The highest BCUT2D eigenvalue weighted by atomic mass is 32.2. The highest BCUT2D eigenvalue weighted by Crippen LogP contribution is 2.35. The molecule has 0 bridgehead atoms. The Bertz CT molecular complexity index is 879. The summed E-state index contributed by atoms with van der Waals surface area (Å²) >= 11 is 0. The molecular weight excluding hydrogens is 331 g/mol. The molecule has 0 amide bonds. The molecule has 24 heavy (non-hydrogen) atoms. The molecule has 1 atom stereocenters. The van der Waals surface area contributed by atoms with Gasteiger partial charge in [-0.2, -0.15) is 9.52 Å². The molecular formula is C17H17FN2O3S. The van der Waals surface area contributed by atoms with E-state index in [0.29, 0.717) is 23.4 Å². The number of hydrogen-bond acceptors (Lipinski definition) is 4. The van der Waals surface area contributed by atoms with Crippen molar-refractivity contribution in [2.45, 2.75) is 12.5 Å². The molecule has 0 saturated carbocycles. The van der Waals surface area contributed by atoms with Crippen LogP contribution >= 0.6 is 0 Å². The lowest BCUT2D eigenvalue weighted by atomic mass is 9.99. The normalized spacial score (nSPS) is 17.7. The lowest BCUT2D eigenvalue weighted by Gasteiger charge is -2.21. The van der Waals surface area contributed by atoms with Crippen molar-refractivity contribution in [3.05, 3.63) is 65.5 Å². The Morgan fingerprint density at radius 3 is 2.42 bits per heavy atom. The summed E-state index contributed by atoms with van der Waals surface area (Å²) in [7, 11) is -2.04. The Balaban J connectivity index is 2.00. The monoisotopic (exact) mass is 348 g/mol. The van der Waals surface area contributed by atoms with Gasteiger partial charge in [0.15, 0.2) is 0 Å². The topological polar surface area (TPSA) is 59.0 Å². The van der Waals surface area contributed by atoms with Crippen LogP contribution in [0.15, 0.2) is 53.6 Å². The van der Waals surface area contributed by atoms with Gasteiger partial charge in [-0.3, -0.25) is 0 Å². The summed E-state index contributed by atoms with van der Waals surface area (Å²) < 4.78 is 44.4. The van der Waals surface area contributed by atoms with Gasteiger partial charge in [0.2, 0.25) is 10.0 Å². The molecule has 0 aliphatic carbocycles. The van der Waals surface area contributed by atoms with Crippen LogP contribution in [0.25, 0.3) is 0 Å². The third-order valence-corrected chi connectivity index (χ3v) is 4.92. The van der Waals surface area contributed by atoms with E-state index in [1.54, 1.807) is 37.4 Å². The molecule has 126 valence electrons. The summed E-state index contributed by atoms with van der Waals surface area (Å²) in [6.45, 7) is 0. The Hall–Kier alpha value is -2.41. The minimum atomic E-state index is -3.62. The first kappa shape index (κ1) is 16.4. The maximum absolute atomic E-state index is 14.1. The number of hydrazone groups is 1. The summed E-state index contributed by atoms with van der Waals surface area (Å²) in [6.07, 6.45) is 1.38. The number of benzene rings is 2. The second-order valence-corrected chi connectivity index (χ2v) is 7.39. The van der Waals surface area contributed by atoms with Gasteiger partial charge in [-0.25, -0.2) is 12.8 Å². The van der Waals surface area contributed by atoms with Gasteiger partial charge >= 0.3 is 0 Å². The lowest BCUT2D eigenvalue weighted by molar-refractivity contribution is 0.365. The predicted octanol–water partition coefficient (Wildman–Crippen LogP) is 2.95. The zero-order valence-corrected chi connectivity index (χ0v) is 14.1. The van der Waals surface area contributed by atoms with Crippen LogP contribution in [0.4, 0.5) is 4.39 Å². The van der Waals surface area contributed by atoms with Gasteiger partial charge < -0.3 is 4.74 Å². The molecule has 0 aromatic heterocycles. The number of ether oxygens (including phenoxy) is 1. The van der Waals surface area contributed by atoms with Crippen LogP contribution in [0.1, 0.15) is 23.6 Å². The molecule has 0 radical (unpaired) electrons. The van der Waals surface area contributed by atoms with Crippen LogP contribution in [-0.4, -0.2) is 31.9 Å². The Morgan fingerprint density at radius 1 is 1.17 bits per heavy atom. The molecule has 0 fully saturated rings. The lowest BCUT2D eigenvalue weighted by Crippen LogP contribution is -2.26. The van der Waals surface area contributed by atoms with E-state index >= 15 is 0 Å². The largest absolute Gasteiger partial charge is 0.497 e. The highest BCUT2D eigenvalue weighted by molar-refractivity contribution is 7.88. The maximum atomic E-state index is 14.1. The van der Waals surface area contributed by atoms with Crippen LogP contribution in [0.5, 0.6) is 5.75 Å². The van der Waals surface area contributed by atoms with Gasteiger partial charge in [0.25, 0.3) is 0 Å². The number of methoxy groups -OCH3 is 1. The van der Waals surface area contributed by atoms with E-state index in [4.69, 9.17) is 4.74 Å². The molecule has 2 aromatic carbocycles. The SMILES string of the molecule is COc1ccc(C2=NN(S(C)(=O)=O)[C@H](c3ccccc3F)C2)cc1. The van der Waals surface area contributed by atoms with E-state index in [2.05, 4.69) is 5.10 Å². The molecule has 3 rings (SSSR count). The zero-order valence-electron chi connectivity index (χ0n) is 13.3. The summed E-state index contributed by atoms with van der Waals surface area (Å²) in [4.78, 5) is 0. The average molecular weight is 348 g/mol. The fourth-order valence-electron chi connectivity index (χ4n) is 2.73. The van der Waals surface area contributed by atoms with Crippen LogP contribution in [0, 0.1) is 5.82 Å². The molecule has 5 nitrogen and oxygen atoms in total. The van der Waals surface area contributed by atoms with E-state index < -0.39 is 21.9 Å². The fraction of sp³-hybridized carbons (Fsp3) is 0.235. The molecule has 2 aromatic rings. The Morgan fingerprint density at radius 2 is 1.83 bits per heavy atom. The van der Waals surface area contributed by atoms with Crippen molar-refractivity contribution in [3.63, 3.8) is 0 Å². The summed E-state index contributed by atoms with van der Waals surface area (Å²) in [5, 5.41) is 4.24. The molecule has 0 saturated heterocycles. The van der Waals surface area contributed by atoms with Crippen molar-refractivity contribution in [1.29, 1.82) is 0 Å². The third kappa shape index (κ3) is 3.12. The molecule has 0 spiro atoms. The summed E-state index contributed by atoms with van der Waals surface area (Å²) in [5.74, 6) is 0.255. The van der Waals surface area contributed by atoms with Gasteiger partial charge in [0, 0.05) is 12.0 Å². The minimum Gasteiger partial charge on any atom is -0.497 e. The van der Waals surface area contributed by atoms with Crippen molar-refractivity contribution in [3.8, 4) is 5.75 Å². The molecule has 0 unspecified atom stereocenters. The van der Waals surface area contributed by atoms with E-state index in [0.717, 1.165) is 16.2 Å². The van der Waals surface area contributed by atoms with Gasteiger partial charge in [-0.15, -0.1) is 0 Å². The Kier molecular flexibility index (Phi) is 4.28. The summed E-state index contributed by atoms with van der Waals surface area (Å²) in [5.41, 5.74) is 1.69. The number of sulfonamides is 1. The third-order valence-electron chi connectivity index (χ3n) is 3.90. The first-order valence-corrected chi connectivity index (χ1v) is 9.20.